The summed E-state index contributed by atoms with van der Waals surface area (Å²) < 4.78 is 126. The van der Waals surface area contributed by atoms with Crippen molar-refractivity contribution in [2.24, 2.45) is 0 Å². The Labute approximate surface area is 216 Å². The van der Waals surface area contributed by atoms with Gasteiger partial charge in [-0.1, -0.05) is 12.1 Å². The Morgan fingerprint density at radius 2 is 0.868 bits per heavy atom. The summed E-state index contributed by atoms with van der Waals surface area (Å²) in [5, 5.41) is 0.540. The Morgan fingerprint density at radius 1 is 0.447 bits per heavy atom. The second-order valence-corrected chi connectivity index (χ2v) is 13.3. The van der Waals surface area contributed by atoms with E-state index >= 15 is 0 Å². The highest BCUT2D eigenvalue weighted by atomic mass is 32.2. The molecule has 18 heteroatoms. The van der Waals surface area contributed by atoms with Gasteiger partial charge in [0.25, 0.3) is 40.5 Å². The first-order chi connectivity index (χ1) is 17.2. The summed E-state index contributed by atoms with van der Waals surface area (Å²) in [6, 6.07) is 11.7. The first kappa shape index (κ1) is 29.2. The first-order valence-corrected chi connectivity index (χ1v) is 15.5. The van der Waals surface area contributed by atoms with Gasteiger partial charge in [0, 0.05) is 22.1 Å². The van der Waals surface area contributed by atoms with E-state index in [2.05, 4.69) is 0 Å². The fourth-order valence-electron chi connectivity index (χ4n) is 3.37. The molecule has 8 N–H and O–H groups in total. The maximum atomic E-state index is 11.3. The van der Waals surface area contributed by atoms with E-state index in [1.807, 2.05) is 0 Å². The van der Waals surface area contributed by atoms with Crippen LogP contribution in [0.3, 0.4) is 0 Å². The smallest absolute Gasteiger partial charge is 0.295 e. The average molecular weight is 607 g/mol. The van der Waals surface area contributed by atoms with Crippen LogP contribution in [0.1, 0.15) is 0 Å². The van der Waals surface area contributed by atoms with Crippen LogP contribution >= 0.6 is 0 Å². The van der Waals surface area contributed by atoms with Crippen LogP contribution in [0, 0.1) is 0 Å². The van der Waals surface area contributed by atoms with E-state index in [0.29, 0.717) is 12.1 Å². The van der Waals surface area contributed by atoms with Crippen LogP contribution in [0.2, 0.25) is 0 Å². The van der Waals surface area contributed by atoms with E-state index in [9.17, 15) is 33.7 Å². The van der Waals surface area contributed by atoms with Crippen molar-refractivity contribution in [3.05, 3.63) is 60.7 Å². The van der Waals surface area contributed by atoms with Gasteiger partial charge in [0.1, 0.15) is 9.79 Å². The van der Waals surface area contributed by atoms with Crippen LogP contribution in [0.5, 0.6) is 0 Å². The molecule has 4 aromatic rings. The Bertz CT molecular complexity index is 2040. The normalized spacial score (nSPS) is 12.7. The molecule has 0 aliphatic heterocycles. The molecule has 4 aromatic carbocycles. The van der Waals surface area contributed by atoms with E-state index in [4.69, 9.17) is 29.7 Å². The molecule has 0 aromatic heterocycles. The average Bonchev–Trinajstić information content (AvgIpc) is 2.75. The fourth-order valence-corrected chi connectivity index (χ4v) is 6.07. The van der Waals surface area contributed by atoms with Crippen LogP contribution in [0.4, 0.5) is 11.4 Å². The third-order valence-electron chi connectivity index (χ3n) is 4.98. The summed E-state index contributed by atoms with van der Waals surface area (Å²) in [7, 11) is -18.5. The zero-order valence-corrected chi connectivity index (χ0v) is 21.9. The zero-order chi connectivity index (χ0) is 28.8. The van der Waals surface area contributed by atoms with Gasteiger partial charge in [-0.15, -0.1) is 0 Å². The van der Waals surface area contributed by atoms with E-state index < -0.39 is 60.1 Å². The molecule has 0 saturated heterocycles. The number of hydrogen-bond donors (Lipinski definition) is 6. The SMILES string of the molecule is Nc1ccc2c(S(=O)(=O)O)cc(S(=O)(=O)O)cc2c1.Nc1ccc2cc(S(=O)(=O)O)cc(S(=O)(=O)O)c2c1. The van der Waals surface area contributed by atoms with E-state index in [-0.39, 0.29) is 32.9 Å². The maximum Gasteiger partial charge on any atom is 0.295 e. The quantitative estimate of drug-likeness (QED) is 0.143. The fraction of sp³-hybridized carbons (Fsp3) is 0. The predicted octanol–water partition coefficient (Wildman–Crippen LogP) is 1.83. The van der Waals surface area contributed by atoms with Crippen molar-refractivity contribution in [1.29, 1.82) is 0 Å². The van der Waals surface area contributed by atoms with Crippen molar-refractivity contribution in [3.63, 3.8) is 0 Å². The lowest BCUT2D eigenvalue weighted by Gasteiger charge is -2.07. The van der Waals surface area contributed by atoms with Gasteiger partial charge < -0.3 is 11.5 Å². The molecular weight excluding hydrogens is 588 g/mol. The topological polar surface area (TPSA) is 270 Å². The molecule has 0 radical (unpaired) electrons. The second kappa shape index (κ2) is 9.75. The van der Waals surface area contributed by atoms with E-state index in [1.165, 1.54) is 36.4 Å². The molecule has 0 aliphatic rings. The van der Waals surface area contributed by atoms with Crippen LogP contribution < -0.4 is 11.5 Å². The number of benzene rings is 4. The Morgan fingerprint density at radius 3 is 1.34 bits per heavy atom. The third kappa shape index (κ3) is 6.55. The number of nitrogens with two attached hydrogens (primary N) is 2. The molecule has 0 saturated carbocycles. The van der Waals surface area contributed by atoms with Crippen LogP contribution in [0.15, 0.2) is 80.2 Å². The molecule has 0 aliphatic carbocycles. The van der Waals surface area contributed by atoms with Gasteiger partial charge >= 0.3 is 0 Å². The van der Waals surface area contributed by atoms with Crippen molar-refractivity contribution < 1.29 is 51.9 Å². The number of anilines is 2. The van der Waals surface area contributed by atoms with E-state index in [0.717, 1.165) is 12.1 Å². The minimum atomic E-state index is -4.66. The monoisotopic (exact) mass is 606 g/mol. The van der Waals surface area contributed by atoms with Crippen molar-refractivity contribution in [2.75, 3.05) is 11.5 Å². The van der Waals surface area contributed by atoms with Gasteiger partial charge in [0.2, 0.25) is 0 Å². The van der Waals surface area contributed by atoms with Gasteiger partial charge in [-0.25, -0.2) is 0 Å². The number of rotatable bonds is 4. The molecule has 38 heavy (non-hydrogen) atoms. The van der Waals surface area contributed by atoms with Crippen molar-refractivity contribution in [1.82, 2.24) is 0 Å². The molecule has 204 valence electrons. The molecule has 4 rings (SSSR count). The van der Waals surface area contributed by atoms with Crippen molar-refractivity contribution in [3.8, 4) is 0 Å². The van der Waals surface area contributed by atoms with Crippen molar-refractivity contribution >= 4 is 73.4 Å². The molecule has 0 heterocycles. The highest BCUT2D eigenvalue weighted by Gasteiger charge is 2.21. The molecule has 0 amide bonds. The zero-order valence-electron chi connectivity index (χ0n) is 18.6. The predicted molar refractivity (Wildman–Crippen MR) is 136 cm³/mol. The van der Waals surface area contributed by atoms with Gasteiger partial charge in [-0.2, -0.15) is 33.7 Å². The third-order valence-corrected chi connectivity index (χ3v) is 8.43. The minimum absolute atomic E-state index is 0.0647. The van der Waals surface area contributed by atoms with Gasteiger partial charge in [-0.05, 0) is 59.3 Å². The largest absolute Gasteiger partial charge is 0.399 e. The summed E-state index contributed by atoms with van der Waals surface area (Å²) >= 11 is 0. The number of nitrogen functional groups attached to an aromatic ring is 2. The molecule has 0 bridgehead atoms. The Hall–Kier alpha value is -3.36. The number of hydrogen-bond acceptors (Lipinski definition) is 10. The molecule has 14 nitrogen and oxygen atoms in total. The molecule has 0 fully saturated rings. The van der Waals surface area contributed by atoms with Crippen LogP contribution in [-0.2, 0) is 40.5 Å². The van der Waals surface area contributed by atoms with Crippen LogP contribution in [0.25, 0.3) is 21.5 Å². The summed E-state index contributed by atoms with van der Waals surface area (Å²) in [6.07, 6.45) is 0. The first-order valence-electron chi connectivity index (χ1n) is 9.74. The molecule has 0 spiro atoms. The molecular formula is C20H18N2O12S4. The Kier molecular flexibility index (Phi) is 7.49. The summed E-state index contributed by atoms with van der Waals surface area (Å²) in [4.78, 5) is -2.52. The summed E-state index contributed by atoms with van der Waals surface area (Å²) in [5.74, 6) is 0. The highest BCUT2D eigenvalue weighted by molar-refractivity contribution is 7.87. The second-order valence-electron chi connectivity index (χ2n) is 7.70. The highest BCUT2D eigenvalue weighted by Crippen LogP contribution is 2.30. The Balaban J connectivity index is 0.000000211. The molecule has 0 atom stereocenters. The lowest BCUT2D eigenvalue weighted by Crippen LogP contribution is -2.04. The van der Waals surface area contributed by atoms with Crippen LogP contribution in [-0.4, -0.2) is 51.9 Å². The minimum Gasteiger partial charge on any atom is -0.399 e. The van der Waals surface area contributed by atoms with Gasteiger partial charge in [0.05, 0.1) is 9.79 Å². The van der Waals surface area contributed by atoms with E-state index in [1.54, 1.807) is 0 Å². The maximum absolute atomic E-state index is 11.3. The molecule has 0 unspecified atom stereocenters. The number of fused-ring (bicyclic) bond motifs is 2. The van der Waals surface area contributed by atoms with Crippen molar-refractivity contribution in [2.45, 2.75) is 19.6 Å². The summed E-state index contributed by atoms with van der Waals surface area (Å²) in [6.45, 7) is 0. The summed E-state index contributed by atoms with van der Waals surface area (Å²) in [5.41, 5.74) is 11.6. The van der Waals surface area contributed by atoms with Gasteiger partial charge in [-0.3, -0.25) is 18.2 Å². The lowest BCUT2D eigenvalue weighted by molar-refractivity contribution is 0.477. The lowest BCUT2D eigenvalue weighted by atomic mass is 10.1. The van der Waals surface area contributed by atoms with Gasteiger partial charge in [0.15, 0.2) is 0 Å². The standard InChI is InChI=1S/2C10H9NO6S2/c11-7-1-2-9-6(3-7)4-8(18(12,13)14)5-10(9)19(15,16)17;11-7-2-1-6-3-8(18(12,13)14)5-10(9(6)4-7)19(15,16)17/h2*1-5H,11H2,(H,12,13,14)(H,15,16,17).